The molecule has 4 aromatic rings. The van der Waals surface area contributed by atoms with Crippen molar-refractivity contribution in [1.29, 1.82) is 0 Å². The van der Waals surface area contributed by atoms with Crippen LogP contribution in [0.4, 0.5) is 5.69 Å². The van der Waals surface area contributed by atoms with E-state index in [1.165, 1.54) is 11.3 Å². The second kappa shape index (κ2) is 8.97. The molecule has 0 aliphatic heterocycles. The van der Waals surface area contributed by atoms with Crippen LogP contribution in [-0.4, -0.2) is 27.6 Å². The molecule has 0 saturated heterocycles. The summed E-state index contributed by atoms with van der Waals surface area (Å²) in [6.45, 7) is 4.02. The van der Waals surface area contributed by atoms with Crippen LogP contribution in [0, 0.1) is 0 Å². The predicted molar refractivity (Wildman–Crippen MR) is 118 cm³/mol. The van der Waals surface area contributed by atoms with Crippen LogP contribution in [0.2, 0.25) is 0 Å². The van der Waals surface area contributed by atoms with E-state index in [0.717, 1.165) is 30.0 Å². The van der Waals surface area contributed by atoms with Crippen molar-refractivity contribution in [2.75, 3.05) is 11.4 Å². The molecule has 0 aliphatic carbocycles. The molecule has 0 radical (unpaired) electrons. The van der Waals surface area contributed by atoms with Gasteiger partial charge in [0.05, 0.1) is 6.21 Å². The first kappa shape index (κ1) is 18.6. The topological polar surface area (TPSA) is 46.3 Å². The molecule has 29 heavy (non-hydrogen) atoms. The fraction of sp³-hybridized carbons (Fsp3) is 0.125. The summed E-state index contributed by atoms with van der Waals surface area (Å²) in [5, 5.41) is 12.7. The Labute approximate surface area is 171 Å². The summed E-state index contributed by atoms with van der Waals surface area (Å²) in [6.07, 6.45) is 3.44. The number of hydrogen-bond donors (Lipinski definition) is 0. The summed E-state index contributed by atoms with van der Waals surface area (Å²) in [5.41, 5.74) is 4.51. The highest BCUT2D eigenvalue weighted by Gasteiger charge is 2.06. The van der Waals surface area contributed by atoms with E-state index in [4.69, 9.17) is 0 Å². The van der Waals surface area contributed by atoms with Crippen LogP contribution < -0.4 is 4.90 Å². The van der Waals surface area contributed by atoms with Crippen molar-refractivity contribution in [3.05, 3.63) is 102 Å². The number of benzene rings is 3. The van der Waals surface area contributed by atoms with Crippen molar-refractivity contribution in [1.82, 2.24) is 14.9 Å². The molecule has 0 saturated carbocycles. The minimum absolute atomic E-state index is 0.721. The zero-order valence-corrected chi connectivity index (χ0v) is 16.4. The zero-order valence-electron chi connectivity index (χ0n) is 16.4. The molecule has 0 N–H and O–H groups in total. The smallest absolute Gasteiger partial charge is 0.184 e. The van der Waals surface area contributed by atoms with Gasteiger partial charge >= 0.3 is 0 Å². The molecule has 4 rings (SSSR count). The monoisotopic (exact) mass is 381 g/mol. The van der Waals surface area contributed by atoms with Crippen LogP contribution in [0.1, 0.15) is 18.1 Å². The van der Waals surface area contributed by atoms with Crippen LogP contribution in [0.15, 0.2) is 96.4 Å². The van der Waals surface area contributed by atoms with E-state index < -0.39 is 0 Å². The van der Waals surface area contributed by atoms with E-state index in [1.807, 2.05) is 42.6 Å². The van der Waals surface area contributed by atoms with Gasteiger partial charge in [-0.1, -0.05) is 72.8 Å². The Bertz CT molecular complexity index is 1050. The molecule has 0 fully saturated rings. The van der Waals surface area contributed by atoms with Gasteiger partial charge in [0, 0.05) is 24.3 Å². The van der Waals surface area contributed by atoms with Crippen molar-refractivity contribution >= 4 is 11.9 Å². The summed E-state index contributed by atoms with van der Waals surface area (Å²) in [7, 11) is 0. The molecule has 0 bridgehead atoms. The van der Waals surface area contributed by atoms with E-state index in [2.05, 4.69) is 75.7 Å². The highest BCUT2D eigenvalue weighted by Crippen LogP contribution is 2.18. The molecule has 0 spiro atoms. The maximum Gasteiger partial charge on any atom is 0.184 e. The lowest BCUT2D eigenvalue weighted by Crippen LogP contribution is -2.21. The Morgan fingerprint density at radius 3 is 2.28 bits per heavy atom. The Kier molecular flexibility index (Phi) is 5.76. The maximum atomic E-state index is 4.53. The summed E-state index contributed by atoms with van der Waals surface area (Å²) < 4.78 is 1.69. The minimum Gasteiger partial charge on any atom is -0.367 e. The molecular formula is C24H23N5. The first-order chi connectivity index (χ1) is 14.3. The third-order valence-electron chi connectivity index (χ3n) is 4.75. The lowest BCUT2D eigenvalue weighted by Gasteiger charge is -2.23. The lowest BCUT2D eigenvalue weighted by atomic mass is 10.1. The SMILES string of the molecule is CCN(Cc1ccccc1)c1ccc(/C=N\n2cnnc2-c2ccccc2)cc1. The second-order valence-electron chi connectivity index (χ2n) is 6.70. The molecule has 3 aromatic carbocycles. The fourth-order valence-electron chi connectivity index (χ4n) is 3.18. The fourth-order valence-corrected chi connectivity index (χ4v) is 3.18. The van der Waals surface area contributed by atoms with Crippen LogP contribution in [0.3, 0.4) is 0 Å². The number of hydrogen-bond acceptors (Lipinski definition) is 4. The Balaban J connectivity index is 1.48. The van der Waals surface area contributed by atoms with Gasteiger partial charge in [0.25, 0.3) is 0 Å². The average molecular weight is 381 g/mol. The molecule has 0 amide bonds. The molecule has 1 heterocycles. The summed E-state index contributed by atoms with van der Waals surface area (Å²) in [4.78, 5) is 2.35. The first-order valence-electron chi connectivity index (χ1n) is 9.72. The van der Waals surface area contributed by atoms with Gasteiger partial charge in [0.15, 0.2) is 5.82 Å². The van der Waals surface area contributed by atoms with Crippen LogP contribution in [0.5, 0.6) is 0 Å². The average Bonchev–Trinajstić information content (AvgIpc) is 3.26. The molecule has 1 aromatic heterocycles. The number of aromatic nitrogens is 3. The maximum absolute atomic E-state index is 4.53. The van der Waals surface area contributed by atoms with Crippen molar-refractivity contribution in [2.45, 2.75) is 13.5 Å². The van der Waals surface area contributed by atoms with Crippen LogP contribution in [0.25, 0.3) is 11.4 Å². The van der Waals surface area contributed by atoms with Gasteiger partial charge in [-0.3, -0.25) is 0 Å². The van der Waals surface area contributed by atoms with Crippen molar-refractivity contribution in [2.24, 2.45) is 5.10 Å². The number of anilines is 1. The van der Waals surface area contributed by atoms with E-state index in [9.17, 15) is 0 Å². The molecule has 0 aliphatic rings. The molecule has 0 unspecified atom stereocenters. The highest BCUT2D eigenvalue weighted by atomic mass is 15.4. The summed E-state index contributed by atoms with van der Waals surface area (Å²) in [6, 6.07) is 28.9. The predicted octanol–water partition coefficient (Wildman–Crippen LogP) is 4.85. The van der Waals surface area contributed by atoms with E-state index in [1.54, 1.807) is 11.0 Å². The number of rotatable bonds is 7. The van der Waals surface area contributed by atoms with E-state index in [0.29, 0.717) is 0 Å². The largest absolute Gasteiger partial charge is 0.367 e. The van der Waals surface area contributed by atoms with E-state index >= 15 is 0 Å². The third kappa shape index (κ3) is 4.58. The molecular weight excluding hydrogens is 358 g/mol. The quantitative estimate of drug-likeness (QED) is 0.430. The number of nitrogens with zero attached hydrogens (tertiary/aromatic N) is 5. The Morgan fingerprint density at radius 2 is 1.59 bits per heavy atom. The van der Waals surface area contributed by atoms with Gasteiger partial charge in [-0.25, -0.2) is 0 Å². The zero-order chi connectivity index (χ0) is 19.9. The van der Waals surface area contributed by atoms with Gasteiger partial charge in [-0.2, -0.15) is 9.78 Å². The van der Waals surface area contributed by atoms with Crippen LogP contribution >= 0.6 is 0 Å². The van der Waals surface area contributed by atoms with Crippen molar-refractivity contribution in [3.63, 3.8) is 0 Å². The normalized spacial score (nSPS) is 11.1. The van der Waals surface area contributed by atoms with Gasteiger partial charge in [-0.15, -0.1) is 10.2 Å². The molecule has 0 atom stereocenters. The van der Waals surface area contributed by atoms with Gasteiger partial charge < -0.3 is 4.90 Å². The van der Waals surface area contributed by atoms with Gasteiger partial charge in [0.2, 0.25) is 0 Å². The van der Waals surface area contributed by atoms with Crippen molar-refractivity contribution < 1.29 is 0 Å². The lowest BCUT2D eigenvalue weighted by molar-refractivity contribution is 0.832. The molecule has 5 heteroatoms. The Morgan fingerprint density at radius 1 is 0.897 bits per heavy atom. The highest BCUT2D eigenvalue weighted by molar-refractivity contribution is 5.80. The molecule has 144 valence electrons. The summed E-state index contributed by atoms with van der Waals surface area (Å²) >= 11 is 0. The van der Waals surface area contributed by atoms with Crippen LogP contribution in [-0.2, 0) is 6.54 Å². The summed E-state index contributed by atoms with van der Waals surface area (Å²) in [5.74, 6) is 0.721. The standard InChI is InChI=1S/C24H23N5/c1-2-28(18-21-9-5-3-6-10-21)23-15-13-20(14-16-23)17-26-29-19-25-27-24(29)22-11-7-4-8-12-22/h3-17,19H,2,18H2,1H3/b26-17-. The van der Waals surface area contributed by atoms with Crippen molar-refractivity contribution in [3.8, 4) is 11.4 Å². The van der Waals surface area contributed by atoms with Gasteiger partial charge in [0.1, 0.15) is 6.33 Å². The minimum atomic E-state index is 0.721. The molecule has 5 nitrogen and oxygen atoms in total. The second-order valence-corrected chi connectivity index (χ2v) is 6.70. The van der Waals surface area contributed by atoms with E-state index in [-0.39, 0.29) is 0 Å². The third-order valence-corrected chi connectivity index (χ3v) is 4.75. The Hall–Kier alpha value is -3.73. The van der Waals surface area contributed by atoms with Gasteiger partial charge in [-0.05, 0) is 30.2 Å². The first-order valence-corrected chi connectivity index (χ1v) is 9.72.